The third-order valence-electron chi connectivity index (χ3n) is 5.35. The van der Waals surface area contributed by atoms with Gasteiger partial charge in [0, 0.05) is 17.7 Å². The largest absolute Gasteiger partial charge is 0.490 e. The average Bonchev–Trinajstić information content (AvgIpc) is 2.90. The predicted molar refractivity (Wildman–Crippen MR) is 131 cm³/mol. The van der Waals surface area contributed by atoms with Crippen molar-refractivity contribution in [1.29, 1.82) is 0 Å². The van der Waals surface area contributed by atoms with E-state index in [-0.39, 0.29) is 0 Å². The smallest absolute Gasteiger partial charge is 0.426 e. The first-order chi connectivity index (χ1) is 18.6. The van der Waals surface area contributed by atoms with Crippen LogP contribution in [0.4, 0.5) is 30.7 Å². The molecule has 4 rings (SSSR count). The third kappa shape index (κ3) is 6.41. The minimum absolute atomic E-state index is 0.339. The number of hydrogen-bond acceptors (Lipinski definition) is 2. The molecular formula is C30H17F7O2. The van der Waals surface area contributed by atoms with Gasteiger partial charge in [-0.2, -0.15) is 8.78 Å². The molecule has 0 amide bonds. The maximum Gasteiger partial charge on any atom is 0.426 e. The number of ether oxygens (including phenoxy) is 2. The van der Waals surface area contributed by atoms with E-state index in [2.05, 4.69) is 17.2 Å². The Morgan fingerprint density at radius 1 is 0.692 bits per heavy atom. The van der Waals surface area contributed by atoms with Crippen molar-refractivity contribution in [2.24, 2.45) is 0 Å². The predicted octanol–water partition coefficient (Wildman–Crippen LogP) is 8.14. The Bertz CT molecular complexity index is 1520. The maximum atomic E-state index is 14.8. The fourth-order valence-electron chi connectivity index (χ4n) is 3.45. The third-order valence-corrected chi connectivity index (χ3v) is 5.35. The van der Waals surface area contributed by atoms with Gasteiger partial charge in [0.1, 0.15) is 29.7 Å². The van der Waals surface area contributed by atoms with E-state index in [1.165, 1.54) is 12.1 Å². The van der Waals surface area contributed by atoms with Gasteiger partial charge in [-0.25, -0.2) is 22.0 Å². The molecule has 0 saturated carbocycles. The molecule has 0 bridgehead atoms. The summed E-state index contributed by atoms with van der Waals surface area (Å²) in [5.74, 6) is -3.59. The second kappa shape index (κ2) is 11.4. The van der Waals surface area contributed by atoms with Crippen molar-refractivity contribution in [3.63, 3.8) is 0 Å². The van der Waals surface area contributed by atoms with E-state index in [0.717, 1.165) is 17.7 Å². The quantitative estimate of drug-likeness (QED) is 0.102. The zero-order valence-corrected chi connectivity index (χ0v) is 19.9. The molecule has 0 heterocycles. The molecule has 0 aliphatic carbocycles. The summed E-state index contributed by atoms with van der Waals surface area (Å²) >= 11 is 0. The van der Waals surface area contributed by atoms with Crippen molar-refractivity contribution in [1.82, 2.24) is 0 Å². The normalized spacial score (nSPS) is 10.9. The lowest BCUT2D eigenvalue weighted by Gasteiger charge is -2.19. The van der Waals surface area contributed by atoms with E-state index in [9.17, 15) is 30.7 Å². The van der Waals surface area contributed by atoms with Gasteiger partial charge >= 0.3 is 6.11 Å². The van der Waals surface area contributed by atoms with Gasteiger partial charge in [-0.15, -0.1) is 0 Å². The molecule has 0 fully saturated rings. The Morgan fingerprint density at radius 2 is 1.23 bits per heavy atom. The van der Waals surface area contributed by atoms with Crippen molar-refractivity contribution in [2.45, 2.75) is 6.11 Å². The first kappa shape index (κ1) is 27.3. The molecule has 0 spiro atoms. The highest BCUT2D eigenvalue weighted by atomic mass is 19.3. The topological polar surface area (TPSA) is 18.5 Å². The minimum Gasteiger partial charge on any atom is -0.490 e. The Kier molecular flexibility index (Phi) is 7.96. The van der Waals surface area contributed by atoms with Gasteiger partial charge in [-0.3, -0.25) is 0 Å². The summed E-state index contributed by atoms with van der Waals surface area (Å²) in [5.41, 5.74) is -0.449. The van der Waals surface area contributed by atoms with Crippen molar-refractivity contribution in [3.05, 3.63) is 131 Å². The van der Waals surface area contributed by atoms with Crippen molar-refractivity contribution in [2.75, 3.05) is 6.61 Å². The molecule has 0 aromatic heterocycles. The summed E-state index contributed by atoms with van der Waals surface area (Å²) < 4.78 is 108. The van der Waals surface area contributed by atoms with Gasteiger partial charge in [0.05, 0.1) is 11.1 Å². The molecular weight excluding hydrogens is 525 g/mol. The zero-order valence-electron chi connectivity index (χ0n) is 19.9. The summed E-state index contributed by atoms with van der Waals surface area (Å²) in [6, 6.07) is 14.1. The Balaban J connectivity index is 1.50. The molecule has 0 saturated heterocycles. The lowest BCUT2D eigenvalue weighted by atomic mass is 10.0. The molecule has 0 aliphatic heterocycles. The Labute approximate surface area is 218 Å². The van der Waals surface area contributed by atoms with Gasteiger partial charge < -0.3 is 9.47 Å². The highest BCUT2D eigenvalue weighted by Crippen LogP contribution is 2.34. The standard InChI is InChI=1S/C30H17F7O2/c1-2-13-38-22-10-6-20(7-11-22)19-4-8-21(9-5-19)30(36,37)39-23-16-25(31)24(26(32)17-23)12-3-18-14-27(33)29(35)28(34)15-18/h2,4-11,14-17H,1,13H2. The maximum absolute atomic E-state index is 14.8. The SMILES string of the molecule is C=CCOc1ccc(-c2ccc(C(F)(F)Oc3cc(F)c(C#Cc4cc(F)c(F)c(F)c4)c(F)c3)cc2)cc1. The van der Waals surface area contributed by atoms with E-state index in [1.807, 2.05) is 5.92 Å². The van der Waals surface area contributed by atoms with Crippen LogP contribution >= 0.6 is 0 Å². The van der Waals surface area contributed by atoms with Crippen LogP contribution in [0.25, 0.3) is 11.1 Å². The lowest BCUT2D eigenvalue weighted by Crippen LogP contribution is -2.22. The Hall–Kier alpha value is -4.71. The second-order valence-electron chi connectivity index (χ2n) is 8.09. The molecule has 39 heavy (non-hydrogen) atoms. The van der Waals surface area contributed by atoms with Crippen LogP contribution in [0.15, 0.2) is 85.5 Å². The molecule has 198 valence electrons. The summed E-state index contributed by atoms with van der Waals surface area (Å²) in [5, 5.41) is 0. The summed E-state index contributed by atoms with van der Waals surface area (Å²) in [6.45, 7) is 3.90. The molecule has 0 radical (unpaired) electrons. The van der Waals surface area contributed by atoms with Gasteiger partial charge in [-0.05, 0) is 47.5 Å². The molecule has 4 aromatic carbocycles. The molecule has 9 heteroatoms. The van der Waals surface area contributed by atoms with Gasteiger partial charge in [0.15, 0.2) is 17.5 Å². The molecule has 0 atom stereocenters. The van der Waals surface area contributed by atoms with E-state index in [0.29, 0.717) is 42.2 Å². The van der Waals surface area contributed by atoms with E-state index in [1.54, 1.807) is 30.3 Å². The van der Waals surface area contributed by atoms with E-state index < -0.39 is 57.6 Å². The number of alkyl halides is 2. The van der Waals surface area contributed by atoms with Crippen LogP contribution in [-0.4, -0.2) is 6.61 Å². The van der Waals surface area contributed by atoms with E-state index in [4.69, 9.17) is 4.74 Å². The highest BCUT2D eigenvalue weighted by Gasteiger charge is 2.35. The fourth-order valence-corrected chi connectivity index (χ4v) is 3.45. The fraction of sp³-hybridized carbons (Fsp3) is 0.0667. The summed E-state index contributed by atoms with van der Waals surface area (Å²) in [7, 11) is 0. The van der Waals surface area contributed by atoms with Crippen LogP contribution in [0.1, 0.15) is 16.7 Å². The average molecular weight is 542 g/mol. The second-order valence-corrected chi connectivity index (χ2v) is 8.09. The van der Waals surface area contributed by atoms with Gasteiger partial charge in [-0.1, -0.05) is 48.8 Å². The van der Waals surface area contributed by atoms with Gasteiger partial charge in [0.2, 0.25) is 0 Å². The van der Waals surface area contributed by atoms with Crippen molar-refractivity contribution < 1.29 is 40.2 Å². The van der Waals surface area contributed by atoms with Crippen LogP contribution in [0.2, 0.25) is 0 Å². The lowest BCUT2D eigenvalue weighted by molar-refractivity contribution is -0.185. The molecule has 0 aliphatic rings. The number of halogens is 7. The van der Waals surface area contributed by atoms with Crippen LogP contribution < -0.4 is 9.47 Å². The first-order valence-electron chi connectivity index (χ1n) is 11.2. The number of rotatable bonds is 7. The van der Waals surface area contributed by atoms with Crippen molar-refractivity contribution in [3.8, 4) is 34.5 Å². The molecule has 0 unspecified atom stereocenters. The van der Waals surface area contributed by atoms with Crippen LogP contribution in [-0.2, 0) is 6.11 Å². The first-order valence-corrected chi connectivity index (χ1v) is 11.2. The minimum atomic E-state index is -3.95. The zero-order chi connectivity index (χ0) is 28.2. The van der Waals surface area contributed by atoms with Crippen molar-refractivity contribution >= 4 is 0 Å². The Morgan fingerprint density at radius 3 is 1.77 bits per heavy atom. The van der Waals surface area contributed by atoms with Crippen LogP contribution in [0.3, 0.4) is 0 Å². The number of hydrogen-bond donors (Lipinski definition) is 0. The van der Waals surface area contributed by atoms with E-state index >= 15 is 0 Å². The highest BCUT2D eigenvalue weighted by molar-refractivity contribution is 5.64. The monoisotopic (exact) mass is 542 g/mol. The van der Waals surface area contributed by atoms with Gasteiger partial charge in [0.25, 0.3) is 0 Å². The summed E-state index contributed by atoms with van der Waals surface area (Å²) in [4.78, 5) is 0. The molecule has 2 nitrogen and oxygen atoms in total. The van der Waals surface area contributed by atoms with Crippen LogP contribution in [0.5, 0.6) is 11.5 Å². The molecule has 0 N–H and O–H groups in total. The number of benzene rings is 4. The summed E-state index contributed by atoms with van der Waals surface area (Å²) in [6.07, 6.45) is -2.35. The van der Waals surface area contributed by atoms with Crippen LogP contribution in [0, 0.1) is 40.9 Å². The molecule has 4 aromatic rings.